The Labute approximate surface area is 232 Å². The topological polar surface area (TPSA) is 24.4 Å². The molecule has 2 aliphatic rings. The van der Waals surface area contributed by atoms with Gasteiger partial charge in [0.2, 0.25) is 0 Å². The Morgan fingerprint density at radius 3 is 2.16 bits per heavy atom. The van der Waals surface area contributed by atoms with Gasteiger partial charge in [-0.05, 0) is 92.4 Å². The standard InChI is InChI=1S/C36H48N2/c1-8-37-25-32(11-9-20-35(5,6)7)28(4)38-27(3)29-16-18-31(19-17-29)34(30-14-12-26(2)13-15-30)33-23-36(24-33)21-10-22-36/h11-19,25,27,38H,4,8-10,20-24H2,1-3,5-7H3/b32-11+,37-25?/t27-/m1/s1. The molecule has 2 heteroatoms. The zero-order chi connectivity index (χ0) is 27.3. The molecular weight excluding hydrogens is 460 g/mol. The second-order valence-corrected chi connectivity index (χ2v) is 12.9. The molecule has 2 saturated carbocycles. The van der Waals surface area contributed by atoms with E-state index in [2.05, 4.69) is 113 Å². The third-order valence-corrected chi connectivity index (χ3v) is 8.39. The van der Waals surface area contributed by atoms with Crippen LogP contribution in [-0.4, -0.2) is 12.8 Å². The zero-order valence-corrected chi connectivity index (χ0v) is 24.7. The molecule has 1 atom stereocenters. The van der Waals surface area contributed by atoms with Crippen LogP contribution in [0.3, 0.4) is 0 Å². The largest absolute Gasteiger partial charge is 0.378 e. The predicted molar refractivity (Wildman–Crippen MR) is 166 cm³/mol. The molecule has 2 aliphatic carbocycles. The highest BCUT2D eigenvalue weighted by Gasteiger charge is 2.46. The molecule has 2 aromatic rings. The number of hydrogen-bond acceptors (Lipinski definition) is 2. The first-order valence-corrected chi connectivity index (χ1v) is 14.6. The van der Waals surface area contributed by atoms with Gasteiger partial charge in [-0.2, -0.15) is 0 Å². The maximum atomic E-state index is 4.50. The van der Waals surface area contributed by atoms with E-state index in [0.717, 1.165) is 30.7 Å². The third-order valence-electron chi connectivity index (χ3n) is 8.39. The van der Waals surface area contributed by atoms with Crippen LogP contribution in [-0.2, 0) is 0 Å². The van der Waals surface area contributed by atoms with Crippen LogP contribution in [0.15, 0.2) is 83.0 Å². The second kappa shape index (κ2) is 11.9. The van der Waals surface area contributed by atoms with Crippen LogP contribution in [0.4, 0.5) is 0 Å². The molecule has 1 N–H and O–H groups in total. The monoisotopic (exact) mass is 508 g/mol. The van der Waals surface area contributed by atoms with Crippen LogP contribution >= 0.6 is 0 Å². The van der Waals surface area contributed by atoms with Crippen molar-refractivity contribution in [3.8, 4) is 0 Å². The van der Waals surface area contributed by atoms with Gasteiger partial charge in [0.05, 0.1) is 0 Å². The molecule has 0 aromatic heterocycles. The number of hydrogen-bond donors (Lipinski definition) is 1. The van der Waals surface area contributed by atoms with E-state index in [-0.39, 0.29) is 6.04 Å². The Bertz CT molecular complexity index is 1190. The second-order valence-electron chi connectivity index (χ2n) is 12.9. The van der Waals surface area contributed by atoms with E-state index in [9.17, 15) is 0 Å². The highest BCUT2D eigenvalue weighted by Crippen LogP contribution is 2.60. The Hall–Kier alpha value is -2.87. The van der Waals surface area contributed by atoms with Gasteiger partial charge >= 0.3 is 0 Å². The van der Waals surface area contributed by atoms with Crippen molar-refractivity contribution in [2.45, 2.75) is 92.5 Å². The Morgan fingerprint density at radius 1 is 1.03 bits per heavy atom. The van der Waals surface area contributed by atoms with Gasteiger partial charge in [-0.15, -0.1) is 0 Å². The lowest BCUT2D eigenvalue weighted by molar-refractivity contribution is 0.0814. The Morgan fingerprint density at radius 2 is 1.63 bits per heavy atom. The minimum atomic E-state index is 0.162. The van der Waals surface area contributed by atoms with Crippen molar-refractivity contribution in [1.29, 1.82) is 0 Å². The summed E-state index contributed by atoms with van der Waals surface area (Å²) in [4.78, 5) is 4.50. The summed E-state index contributed by atoms with van der Waals surface area (Å²) < 4.78 is 0. The first-order valence-electron chi connectivity index (χ1n) is 14.6. The first kappa shape index (κ1) is 28.1. The van der Waals surface area contributed by atoms with Gasteiger partial charge in [0.25, 0.3) is 0 Å². The number of aryl methyl sites for hydroxylation is 1. The van der Waals surface area contributed by atoms with Gasteiger partial charge in [-0.3, -0.25) is 4.99 Å². The summed E-state index contributed by atoms with van der Waals surface area (Å²) in [5, 5.41) is 3.64. The van der Waals surface area contributed by atoms with E-state index >= 15 is 0 Å². The normalized spacial score (nSPS) is 17.7. The summed E-state index contributed by atoms with van der Waals surface area (Å²) >= 11 is 0. The molecule has 1 spiro atoms. The molecule has 2 nitrogen and oxygen atoms in total. The lowest BCUT2D eigenvalue weighted by Gasteiger charge is -2.52. The molecule has 0 unspecified atom stereocenters. The number of benzene rings is 2. The van der Waals surface area contributed by atoms with E-state index in [1.807, 2.05) is 6.21 Å². The minimum Gasteiger partial charge on any atom is -0.378 e. The molecule has 2 fully saturated rings. The highest BCUT2D eigenvalue weighted by atomic mass is 14.9. The molecule has 0 bridgehead atoms. The molecule has 202 valence electrons. The van der Waals surface area contributed by atoms with E-state index in [1.165, 1.54) is 59.9 Å². The van der Waals surface area contributed by atoms with Crippen LogP contribution in [0, 0.1) is 17.8 Å². The van der Waals surface area contributed by atoms with Crippen molar-refractivity contribution in [3.05, 3.63) is 100 Å². The van der Waals surface area contributed by atoms with Gasteiger partial charge in [0.1, 0.15) is 0 Å². The molecule has 4 rings (SSSR count). The molecular formula is C36H48N2. The highest BCUT2D eigenvalue weighted by molar-refractivity contribution is 5.84. The summed E-state index contributed by atoms with van der Waals surface area (Å²) in [5.74, 6) is 0. The van der Waals surface area contributed by atoms with Crippen LogP contribution in [0.1, 0.15) is 108 Å². The van der Waals surface area contributed by atoms with Crippen molar-refractivity contribution >= 4 is 11.8 Å². The van der Waals surface area contributed by atoms with Gasteiger partial charge < -0.3 is 5.32 Å². The van der Waals surface area contributed by atoms with Gasteiger partial charge in [0, 0.05) is 30.1 Å². The first-order chi connectivity index (χ1) is 18.1. The maximum absolute atomic E-state index is 4.50. The molecule has 2 aromatic carbocycles. The van der Waals surface area contributed by atoms with Crippen molar-refractivity contribution in [3.63, 3.8) is 0 Å². The molecule has 0 aliphatic heterocycles. The lowest BCUT2D eigenvalue weighted by Crippen LogP contribution is -2.38. The Kier molecular flexibility index (Phi) is 8.81. The fourth-order valence-corrected chi connectivity index (χ4v) is 5.83. The van der Waals surface area contributed by atoms with Crippen LogP contribution in [0.5, 0.6) is 0 Å². The van der Waals surface area contributed by atoms with Crippen LogP contribution < -0.4 is 5.32 Å². The van der Waals surface area contributed by atoms with Crippen molar-refractivity contribution in [2.75, 3.05) is 6.54 Å². The summed E-state index contributed by atoms with van der Waals surface area (Å²) in [7, 11) is 0. The van der Waals surface area contributed by atoms with E-state index < -0.39 is 0 Å². The number of rotatable bonds is 10. The molecule has 0 heterocycles. The number of nitrogens with zero attached hydrogens (tertiary/aromatic N) is 1. The molecule has 38 heavy (non-hydrogen) atoms. The quantitative estimate of drug-likeness (QED) is 0.251. The Balaban J connectivity index is 1.50. The number of nitrogens with one attached hydrogen (secondary N) is 1. The fraction of sp³-hybridized carbons (Fsp3) is 0.472. The molecule has 0 amide bonds. The van der Waals surface area contributed by atoms with Crippen LogP contribution in [0.2, 0.25) is 0 Å². The summed E-state index contributed by atoms with van der Waals surface area (Å²) in [5.41, 5.74) is 11.4. The van der Waals surface area contributed by atoms with E-state index in [1.54, 1.807) is 5.57 Å². The lowest BCUT2D eigenvalue weighted by atomic mass is 9.53. The van der Waals surface area contributed by atoms with Gasteiger partial charge in [0.15, 0.2) is 0 Å². The molecule has 0 saturated heterocycles. The van der Waals surface area contributed by atoms with Crippen molar-refractivity contribution in [1.82, 2.24) is 5.32 Å². The van der Waals surface area contributed by atoms with E-state index in [4.69, 9.17) is 0 Å². The number of allylic oxidation sites excluding steroid dienone is 3. The maximum Gasteiger partial charge on any atom is 0.0485 e. The number of aliphatic imine (C=N–C) groups is 1. The fourth-order valence-electron chi connectivity index (χ4n) is 5.83. The van der Waals surface area contributed by atoms with Crippen LogP contribution in [0.25, 0.3) is 5.57 Å². The van der Waals surface area contributed by atoms with Gasteiger partial charge in [-0.25, -0.2) is 0 Å². The molecule has 0 radical (unpaired) electrons. The zero-order valence-electron chi connectivity index (χ0n) is 24.7. The van der Waals surface area contributed by atoms with E-state index in [0.29, 0.717) is 10.8 Å². The summed E-state index contributed by atoms with van der Waals surface area (Å²) in [6, 6.07) is 18.5. The average Bonchev–Trinajstić information content (AvgIpc) is 2.82. The predicted octanol–water partition coefficient (Wildman–Crippen LogP) is 9.77. The summed E-state index contributed by atoms with van der Waals surface area (Å²) in [6.07, 6.45) is 13.2. The van der Waals surface area contributed by atoms with Crippen molar-refractivity contribution in [2.24, 2.45) is 15.8 Å². The third kappa shape index (κ3) is 6.95. The average molecular weight is 509 g/mol. The van der Waals surface area contributed by atoms with Gasteiger partial charge in [-0.1, -0.05) is 99.5 Å². The minimum absolute atomic E-state index is 0.162. The summed E-state index contributed by atoms with van der Waals surface area (Å²) in [6.45, 7) is 18.5. The SMILES string of the molecule is C=C(N[C@H](C)c1ccc(C(=C2CC3(CCC3)C2)c2ccc(C)cc2)cc1)/C(C=NCC)=C/CCC(C)(C)C. The smallest absolute Gasteiger partial charge is 0.0485 e. The van der Waals surface area contributed by atoms with Crippen molar-refractivity contribution < 1.29 is 0 Å².